The summed E-state index contributed by atoms with van der Waals surface area (Å²) >= 11 is 0. The molecule has 0 radical (unpaired) electrons. The van der Waals surface area contributed by atoms with Gasteiger partial charge >= 0.3 is 6.03 Å². The number of benzene rings is 2. The number of para-hydroxylation sites is 1. The molecular weight excluding hydrogens is 442 g/mol. The molecule has 0 saturated carbocycles. The quantitative estimate of drug-likeness (QED) is 0.726. The van der Waals surface area contributed by atoms with Gasteiger partial charge in [0.15, 0.2) is 12.2 Å². The van der Waals surface area contributed by atoms with Crippen LogP contribution in [0.3, 0.4) is 0 Å². The van der Waals surface area contributed by atoms with E-state index < -0.39 is 24.1 Å². The van der Waals surface area contributed by atoms with Crippen molar-refractivity contribution >= 4 is 23.5 Å². The number of likely N-dealkylation sites (N-methyl/N-ethyl adjacent to an activating group) is 1. The summed E-state index contributed by atoms with van der Waals surface area (Å²) in [5.74, 6) is -0.402. The molecule has 0 spiro atoms. The van der Waals surface area contributed by atoms with E-state index in [1.165, 1.54) is 17.0 Å². The van der Waals surface area contributed by atoms with Crippen LogP contribution < -0.4 is 10.2 Å². The van der Waals surface area contributed by atoms with Crippen molar-refractivity contribution in [3.8, 4) is 0 Å². The highest BCUT2D eigenvalue weighted by atomic mass is 19.1. The van der Waals surface area contributed by atoms with E-state index in [0.717, 1.165) is 0 Å². The Morgan fingerprint density at radius 2 is 1.62 bits per heavy atom. The van der Waals surface area contributed by atoms with Crippen molar-refractivity contribution < 1.29 is 18.4 Å². The predicted octanol–water partition coefficient (Wildman–Crippen LogP) is 1.88. The zero-order valence-corrected chi connectivity index (χ0v) is 18.8. The molecule has 3 heterocycles. The first kappa shape index (κ1) is 22.3. The van der Waals surface area contributed by atoms with Crippen molar-refractivity contribution in [3.63, 3.8) is 0 Å². The van der Waals surface area contributed by atoms with E-state index in [4.69, 9.17) is 4.99 Å². The summed E-state index contributed by atoms with van der Waals surface area (Å²) in [4.78, 5) is 37.1. The number of nitrogens with one attached hydrogen (secondary N) is 1. The van der Waals surface area contributed by atoms with E-state index in [2.05, 4.69) is 10.2 Å². The van der Waals surface area contributed by atoms with Crippen LogP contribution in [0.1, 0.15) is 5.56 Å². The van der Waals surface area contributed by atoms with Crippen molar-refractivity contribution in [3.05, 3.63) is 65.7 Å². The van der Waals surface area contributed by atoms with Crippen molar-refractivity contribution in [2.75, 3.05) is 44.7 Å². The maximum Gasteiger partial charge on any atom is 0.325 e. The summed E-state index contributed by atoms with van der Waals surface area (Å²) < 4.78 is 28.6. The van der Waals surface area contributed by atoms with E-state index in [0.29, 0.717) is 49.8 Å². The molecule has 0 bridgehead atoms. The van der Waals surface area contributed by atoms with E-state index >= 15 is 0 Å². The van der Waals surface area contributed by atoms with Gasteiger partial charge in [-0.3, -0.25) is 15.0 Å². The molecule has 2 saturated heterocycles. The molecule has 3 amide bonds. The summed E-state index contributed by atoms with van der Waals surface area (Å²) in [6.45, 7) is 3.26. The lowest BCUT2D eigenvalue weighted by molar-refractivity contribution is -0.127. The smallest absolute Gasteiger partial charge is 0.325 e. The Morgan fingerprint density at radius 1 is 0.941 bits per heavy atom. The second kappa shape index (κ2) is 9.02. The highest BCUT2D eigenvalue weighted by molar-refractivity contribution is 6.04. The molecule has 34 heavy (non-hydrogen) atoms. The number of carbonyl (C=O) groups is 2. The van der Waals surface area contributed by atoms with Gasteiger partial charge in [-0.1, -0.05) is 30.3 Å². The second-order valence-corrected chi connectivity index (χ2v) is 8.74. The fourth-order valence-electron chi connectivity index (χ4n) is 4.77. The molecule has 1 N–H and O–H groups in total. The van der Waals surface area contributed by atoms with Crippen LogP contribution >= 0.6 is 0 Å². The lowest BCUT2D eigenvalue weighted by Crippen LogP contribution is -2.63. The van der Waals surface area contributed by atoms with Crippen molar-refractivity contribution in [2.45, 2.75) is 18.8 Å². The number of amides is 3. The Kier molecular flexibility index (Phi) is 5.91. The molecule has 10 heteroatoms. The Labute approximate surface area is 196 Å². The van der Waals surface area contributed by atoms with Gasteiger partial charge in [-0.25, -0.2) is 18.6 Å². The van der Waals surface area contributed by atoms with E-state index in [-0.39, 0.29) is 18.2 Å². The number of amidine groups is 1. The Bertz CT molecular complexity index is 1130. The van der Waals surface area contributed by atoms with E-state index in [9.17, 15) is 18.4 Å². The monoisotopic (exact) mass is 468 g/mol. The van der Waals surface area contributed by atoms with Gasteiger partial charge in [0, 0.05) is 45.3 Å². The maximum atomic E-state index is 14.4. The Balaban J connectivity index is 1.34. The molecule has 2 aromatic carbocycles. The normalized spacial score (nSPS) is 23.1. The Morgan fingerprint density at radius 3 is 2.32 bits per heavy atom. The molecule has 5 rings (SSSR count). The van der Waals surface area contributed by atoms with E-state index in [1.807, 2.05) is 11.0 Å². The van der Waals surface area contributed by atoms with Gasteiger partial charge in [-0.15, -0.1) is 0 Å². The molecule has 0 aliphatic carbocycles. The summed E-state index contributed by atoms with van der Waals surface area (Å²) in [7, 11) is 1.60. The zero-order valence-electron chi connectivity index (χ0n) is 18.8. The number of imide groups is 1. The summed E-state index contributed by atoms with van der Waals surface area (Å²) in [6, 6.07) is 12.0. The van der Waals surface area contributed by atoms with Crippen LogP contribution in [0.4, 0.5) is 19.3 Å². The van der Waals surface area contributed by atoms with Crippen LogP contribution in [0.15, 0.2) is 53.5 Å². The highest BCUT2D eigenvalue weighted by Gasteiger charge is 2.48. The fourth-order valence-corrected chi connectivity index (χ4v) is 4.77. The maximum absolute atomic E-state index is 14.4. The number of hydrogen-bond donors (Lipinski definition) is 1. The number of aliphatic imine (C=N–C) groups is 1. The van der Waals surface area contributed by atoms with Gasteiger partial charge in [0.25, 0.3) is 5.91 Å². The fraction of sp³-hybridized carbons (Fsp3) is 0.375. The van der Waals surface area contributed by atoms with Gasteiger partial charge in [0.2, 0.25) is 0 Å². The first-order valence-electron chi connectivity index (χ1n) is 11.3. The zero-order chi connectivity index (χ0) is 23.8. The topological polar surface area (TPSA) is 71.5 Å². The minimum Gasteiger partial charge on any atom is -0.367 e. The van der Waals surface area contributed by atoms with Gasteiger partial charge in [-0.2, -0.15) is 0 Å². The lowest BCUT2D eigenvalue weighted by Gasteiger charge is -2.38. The summed E-state index contributed by atoms with van der Waals surface area (Å²) in [6.07, 6.45) is -0.664. The molecule has 2 fully saturated rings. The minimum absolute atomic E-state index is 0.164. The standard InChI is InChI=1S/C24H26F2N6O2/c1-29-22-21(23(33)28-24(29)34)32(14-16-6-2-3-7-17(16)25)20(27-22)15-30-10-12-31(13-11-30)19-9-5-4-8-18(19)26/h2-9,21-22H,10-15H2,1H3,(H,28,33,34). The lowest BCUT2D eigenvalue weighted by atomic mass is 10.1. The van der Waals surface area contributed by atoms with Crippen LogP contribution in [0.25, 0.3) is 0 Å². The SMILES string of the molecule is CN1C(=O)NC(=O)C2C1N=C(CN1CCN(c3ccccc3F)CC1)N2Cc1ccccc1F. The molecule has 8 nitrogen and oxygen atoms in total. The number of halogens is 2. The number of piperazine rings is 1. The first-order chi connectivity index (χ1) is 16.4. The largest absolute Gasteiger partial charge is 0.367 e. The third-order valence-corrected chi connectivity index (χ3v) is 6.68. The van der Waals surface area contributed by atoms with Gasteiger partial charge < -0.3 is 14.7 Å². The van der Waals surface area contributed by atoms with E-state index in [1.54, 1.807) is 42.3 Å². The molecular formula is C24H26F2N6O2. The number of hydrogen-bond acceptors (Lipinski definition) is 6. The van der Waals surface area contributed by atoms with Gasteiger partial charge in [0.05, 0.1) is 12.2 Å². The molecule has 0 aromatic heterocycles. The number of rotatable bonds is 5. The summed E-state index contributed by atoms with van der Waals surface area (Å²) in [5.41, 5.74) is 1.04. The van der Waals surface area contributed by atoms with Gasteiger partial charge in [0.1, 0.15) is 17.5 Å². The first-order valence-corrected chi connectivity index (χ1v) is 11.3. The molecule has 2 unspecified atom stereocenters. The molecule has 178 valence electrons. The highest BCUT2D eigenvalue weighted by Crippen LogP contribution is 2.27. The van der Waals surface area contributed by atoms with Gasteiger partial charge in [-0.05, 0) is 18.2 Å². The number of anilines is 1. The van der Waals surface area contributed by atoms with Crippen molar-refractivity contribution in [1.82, 2.24) is 20.0 Å². The molecule has 2 atom stereocenters. The average molecular weight is 469 g/mol. The third kappa shape index (κ3) is 4.09. The molecule has 3 aliphatic heterocycles. The average Bonchev–Trinajstić information content (AvgIpc) is 3.18. The second-order valence-electron chi connectivity index (χ2n) is 8.74. The van der Waals surface area contributed by atoms with Crippen LogP contribution in [-0.2, 0) is 11.3 Å². The van der Waals surface area contributed by atoms with Crippen molar-refractivity contribution in [1.29, 1.82) is 0 Å². The summed E-state index contributed by atoms with van der Waals surface area (Å²) in [5, 5.41) is 2.37. The molecule has 2 aromatic rings. The van der Waals surface area contributed by atoms with Crippen LogP contribution in [0.5, 0.6) is 0 Å². The van der Waals surface area contributed by atoms with Crippen molar-refractivity contribution in [2.24, 2.45) is 4.99 Å². The van der Waals surface area contributed by atoms with Crippen LogP contribution in [0.2, 0.25) is 0 Å². The van der Waals surface area contributed by atoms with Crippen LogP contribution in [-0.4, -0.2) is 84.5 Å². The minimum atomic E-state index is -0.725. The molecule has 3 aliphatic rings. The number of carbonyl (C=O) groups excluding carboxylic acids is 2. The third-order valence-electron chi connectivity index (χ3n) is 6.68. The predicted molar refractivity (Wildman–Crippen MR) is 123 cm³/mol. The van der Waals surface area contributed by atoms with Crippen LogP contribution in [0, 0.1) is 11.6 Å². The number of nitrogens with zero attached hydrogens (tertiary/aromatic N) is 5. The number of urea groups is 1. The number of fused-ring (bicyclic) bond motifs is 1. The Hall–Kier alpha value is -3.53.